The van der Waals surface area contributed by atoms with E-state index in [1.165, 1.54) is 12.1 Å². The van der Waals surface area contributed by atoms with E-state index in [-0.39, 0.29) is 11.7 Å². The zero-order valence-electron chi connectivity index (χ0n) is 8.28. The summed E-state index contributed by atoms with van der Waals surface area (Å²) in [5.74, 6) is 1.53. The second kappa shape index (κ2) is 4.66. The van der Waals surface area contributed by atoms with Crippen LogP contribution in [0.1, 0.15) is 10.4 Å². The summed E-state index contributed by atoms with van der Waals surface area (Å²) < 4.78 is 12.9. The van der Waals surface area contributed by atoms with E-state index >= 15 is 0 Å². The smallest absolute Gasteiger partial charge is 0.254 e. The van der Waals surface area contributed by atoms with Gasteiger partial charge in [0, 0.05) is 30.2 Å². The Labute approximate surface area is 92.5 Å². The maximum atomic E-state index is 12.9. The molecule has 1 aliphatic rings. The largest absolute Gasteiger partial charge is 0.337 e. The molecule has 0 bridgehead atoms. The van der Waals surface area contributed by atoms with E-state index in [1.54, 1.807) is 17.0 Å². The highest BCUT2D eigenvalue weighted by Gasteiger charge is 2.18. The lowest BCUT2D eigenvalue weighted by molar-refractivity contribution is 0.0772. The summed E-state index contributed by atoms with van der Waals surface area (Å²) in [7, 11) is 0. The van der Waals surface area contributed by atoms with Crippen LogP contribution in [0, 0.1) is 5.82 Å². The van der Waals surface area contributed by atoms with Gasteiger partial charge in [-0.25, -0.2) is 4.39 Å². The zero-order valence-corrected chi connectivity index (χ0v) is 9.10. The van der Waals surface area contributed by atoms with Gasteiger partial charge in [-0.05, 0) is 18.2 Å². The highest BCUT2D eigenvalue weighted by atomic mass is 32.2. The minimum absolute atomic E-state index is 0.0604. The van der Waals surface area contributed by atoms with Gasteiger partial charge < -0.3 is 4.90 Å². The third kappa shape index (κ3) is 2.50. The average Bonchev–Trinajstić information content (AvgIpc) is 2.29. The number of rotatable bonds is 1. The molecule has 1 aromatic carbocycles. The molecular weight excluding hydrogens is 213 g/mol. The first-order chi connectivity index (χ1) is 7.27. The monoisotopic (exact) mass is 225 g/mol. The number of carbonyl (C=O) groups is 1. The van der Waals surface area contributed by atoms with Crippen LogP contribution in [-0.4, -0.2) is 35.4 Å². The first-order valence-corrected chi connectivity index (χ1v) is 6.05. The zero-order chi connectivity index (χ0) is 10.7. The number of carbonyl (C=O) groups excluding carboxylic acids is 1. The fraction of sp³-hybridized carbons (Fsp3) is 0.364. The van der Waals surface area contributed by atoms with Crippen molar-refractivity contribution in [3.05, 3.63) is 35.6 Å². The minimum Gasteiger partial charge on any atom is -0.337 e. The Morgan fingerprint density at radius 2 is 2.07 bits per heavy atom. The molecule has 2 nitrogen and oxygen atoms in total. The number of halogens is 1. The second-order valence-corrected chi connectivity index (χ2v) is 4.64. The van der Waals surface area contributed by atoms with Crippen LogP contribution >= 0.6 is 11.8 Å². The Morgan fingerprint density at radius 3 is 2.73 bits per heavy atom. The average molecular weight is 225 g/mol. The van der Waals surface area contributed by atoms with Gasteiger partial charge in [-0.15, -0.1) is 0 Å². The molecule has 1 aromatic rings. The predicted molar refractivity (Wildman–Crippen MR) is 59.6 cm³/mol. The summed E-state index contributed by atoms with van der Waals surface area (Å²) in [5, 5.41) is 0. The maximum Gasteiger partial charge on any atom is 0.254 e. The molecule has 0 unspecified atom stereocenters. The number of nitrogens with zero attached hydrogens (tertiary/aromatic N) is 1. The quantitative estimate of drug-likeness (QED) is 0.728. The molecule has 1 aliphatic heterocycles. The first-order valence-electron chi connectivity index (χ1n) is 4.90. The van der Waals surface area contributed by atoms with Crippen LogP contribution in [-0.2, 0) is 0 Å². The molecule has 15 heavy (non-hydrogen) atoms. The molecule has 0 radical (unpaired) electrons. The third-order valence-corrected chi connectivity index (χ3v) is 3.31. The van der Waals surface area contributed by atoms with Crippen molar-refractivity contribution in [2.45, 2.75) is 0 Å². The Morgan fingerprint density at radius 1 is 1.33 bits per heavy atom. The van der Waals surface area contributed by atoms with Gasteiger partial charge in [0.25, 0.3) is 5.91 Å². The lowest BCUT2D eigenvalue weighted by Gasteiger charge is -2.26. The Kier molecular flexibility index (Phi) is 3.26. The molecule has 0 atom stereocenters. The minimum atomic E-state index is -0.354. The Bertz CT molecular complexity index is 363. The summed E-state index contributed by atoms with van der Waals surface area (Å²) in [4.78, 5) is 13.7. The predicted octanol–water partition coefficient (Wildman–Crippen LogP) is 2.01. The molecule has 1 amide bonds. The van der Waals surface area contributed by atoms with Crippen molar-refractivity contribution in [3.8, 4) is 0 Å². The maximum absolute atomic E-state index is 12.9. The van der Waals surface area contributed by atoms with Gasteiger partial charge in [0.1, 0.15) is 5.82 Å². The van der Waals surface area contributed by atoms with Crippen molar-refractivity contribution in [2.24, 2.45) is 0 Å². The first kappa shape index (κ1) is 10.5. The topological polar surface area (TPSA) is 20.3 Å². The van der Waals surface area contributed by atoms with E-state index in [0.717, 1.165) is 24.6 Å². The number of hydrogen-bond acceptors (Lipinski definition) is 2. The standard InChI is InChI=1S/C11H12FNOS/c12-10-3-1-2-9(8-10)11(14)13-4-6-15-7-5-13/h1-3,8H,4-7H2. The van der Waals surface area contributed by atoms with Crippen molar-refractivity contribution in [2.75, 3.05) is 24.6 Å². The van der Waals surface area contributed by atoms with Crippen LogP contribution in [0.2, 0.25) is 0 Å². The summed E-state index contributed by atoms with van der Waals surface area (Å²) >= 11 is 1.85. The van der Waals surface area contributed by atoms with Crippen molar-refractivity contribution >= 4 is 17.7 Å². The number of hydrogen-bond donors (Lipinski definition) is 0. The molecule has 0 N–H and O–H groups in total. The highest BCUT2D eigenvalue weighted by Crippen LogP contribution is 2.13. The molecule has 80 valence electrons. The van der Waals surface area contributed by atoms with Gasteiger partial charge in [-0.2, -0.15) is 11.8 Å². The van der Waals surface area contributed by atoms with Gasteiger partial charge in [-0.3, -0.25) is 4.79 Å². The van der Waals surface area contributed by atoms with Crippen LogP contribution < -0.4 is 0 Å². The molecule has 0 aromatic heterocycles. The Balaban J connectivity index is 2.12. The van der Waals surface area contributed by atoms with Gasteiger partial charge in [-0.1, -0.05) is 6.07 Å². The van der Waals surface area contributed by atoms with Crippen LogP contribution in [0.15, 0.2) is 24.3 Å². The lowest BCUT2D eigenvalue weighted by Crippen LogP contribution is -2.37. The molecule has 2 rings (SSSR count). The lowest BCUT2D eigenvalue weighted by atomic mass is 10.2. The third-order valence-electron chi connectivity index (χ3n) is 2.37. The molecule has 0 spiro atoms. The van der Waals surface area contributed by atoms with Crippen LogP contribution in [0.3, 0.4) is 0 Å². The molecule has 1 saturated heterocycles. The summed E-state index contributed by atoms with van der Waals surface area (Å²) in [5.41, 5.74) is 0.446. The molecule has 1 fully saturated rings. The summed E-state index contributed by atoms with van der Waals surface area (Å²) in [6, 6.07) is 5.88. The Hall–Kier alpha value is -1.03. The van der Waals surface area contributed by atoms with Gasteiger partial charge in [0.05, 0.1) is 0 Å². The van der Waals surface area contributed by atoms with E-state index in [0.29, 0.717) is 5.56 Å². The van der Waals surface area contributed by atoms with Crippen LogP contribution in [0.25, 0.3) is 0 Å². The van der Waals surface area contributed by atoms with Crippen molar-refractivity contribution in [1.82, 2.24) is 4.90 Å². The van der Waals surface area contributed by atoms with Gasteiger partial charge >= 0.3 is 0 Å². The summed E-state index contributed by atoms with van der Waals surface area (Å²) in [6.07, 6.45) is 0. The molecule has 1 heterocycles. The van der Waals surface area contributed by atoms with Crippen LogP contribution in [0.4, 0.5) is 4.39 Å². The van der Waals surface area contributed by atoms with Crippen LogP contribution in [0.5, 0.6) is 0 Å². The summed E-state index contributed by atoms with van der Waals surface area (Å²) in [6.45, 7) is 1.53. The fourth-order valence-corrected chi connectivity index (χ4v) is 2.47. The number of thioether (sulfide) groups is 1. The van der Waals surface area contributed by atoms with Gasteiger partial charge in [0.15, 0.2) is 0 Å². The fourth-order valence-electron chi connectivity index (χ4n) is 1.57. The van der Waals surface area contributed by atoms with Crippen molar-refractivity contribution in [1.29, 1.82) is 0 Å². The SMILES string of the molecule is O=C(c1cccc(F)c1)N1CCSCC1. The number of amides is 1. The molecule has 0 saturated carbocycles. The molecule has 0 aliphatic carbocycles. The molecule has 4 heteroatoms. The van der Waals surface area contributed by atoms with E-state index in [1.807, 2.05) is 11.8 Å². The van der Waals surface area contributed by atoms with E-state index in [4.69, 9.17) is 0 Å². The van der Waals surface area contributed by atoms with Crippen molar-refractivity contribution < 1.29 is 9.18 Å². The molecular formula is C11H12FNOS. The highest BCUT2D eigenvalue weighted by molar-refractivity contribution is 7.99. The van der Waals surface area contributed by atoms with E-state index in [9.17, 15) is 9.18 Å². The van der Waals surface area contributed by atoms with Crippen molar-refractivity contribution in [3.63, 3.8) is 0 Å². The van der Waals surface area contributed by atoms with Gasteiger partial charge in [0.2, 0.25) is 0 Å². The second-order valence-electron chi connectivity index (χ2n) is 3.41. The normalized spacial score (nSPS) is 16.5. The number of benzene rings is 1. The van der Waals surface area contributed by atoms with E-state index in [2.05, 4.69) is 0 Å². The van der Waals surface area contributed by atoms with E-state index < -0.39 is 0 Å².